The number of rotatable bonds is 9. The van der Waals surface area contributed by atoms with Gasteiger partial charge in [-0.25, -0.2) is 13.4 Å². The van der Waals surface area contributed by atoms with Crippen molar-refractivity contribution in [1.29, 1.82) is 0 Å². The molecule has 8 heteroatoms. The lowest BCUT2D eigenvalue weighted by molar-refractivity contribution is -0.116. The van der Waals surface area contributed by atoms with E-state index in [2.05, 4.69) is 10.3 Å². The Hall–Kier alpha value is -2.03. The van der Waals surface area contributed by atoms with Gasteiger partial charge in [-0.2, -0.15) is 4.31 Å². The minimum Gasteiger partial charge on any atom is -0.352 e. The molecule has 0 atom stereocenters. The third-order valence-electron chi connectivity index (χ3n) is 3.77. The largest absolute Gasteiger partial charge is 0.352 e. The van der Waals surface area contributed by atoms with Crippen LogP contribution < -0.4 is 5.32 Å². The molecule has 0 aliphatic heterocycles. The van der Waals surface area contributed by atoms with Crippen LogP contribution in [0.3, 0.4) is 0 Å². The van der Waals surface area contributed by atoms with Crippen molar-refractivity contribution in [2.24, 2.45) is 0 Å². The smallest absolute Gasteiger partial charge is 0.244 e. The number of carbonyl (C=O) groups is 1. The standard InChI is InChI=1S/C18H23N3O3S2/c1-3-21(4-2)26(23,24)16-8-5-15(6-9-16)7-10-17(22)19-12-11-18-20-13-14-25-18/h5-10,13-14H,3-4,11-12H2,1-2H3,(H,19,22)/b10-7+. The number of nitrogens with one attached hydrogen (secondary N) is 1. The Bertz CT molecular complexity index is 825. The summed E-state index contributed by atoms with van der Waals surface area (Å²) in [4.78, 5) is 16.2. The molecule has 0 radical (unpaired) electrons. The molecule has 1 aromatic carbocycles. The Balaban J connectivity index is 1.91. The van der Waals surface area contributed by atoms with Crippen LogP contribution in [0.15, 0.2) is 46.8 Å². The summed E-state index contributed by atoms with van der Waals surface area (Å²) in [6.45, 7) is 5.01. The van der Waals surface area contributed by atoms with Gasteiger partial charge in [-0.05, 0) is 23.8 Å². The van der Waals surface area contributed by atoms with Crippen LogP contribution >= 0.6 is 11.3 Å². The first-order valence-electron chi connectivity index (χ1n) is 8.41. The zero-order valence-corrected chi connectivity index (χ0v) is 16.5. The molecule has 0 saturated carbocycles. The van der Waals surface area contributed by atoms with Gasteiger partial charge in [0.05, 0.1) is 9.90 Å². The van der Waals surface area contributed by atoms with Gasteiger partial charge >= 0.3 is 0 Å². The summed E-state index contributed by atoms with van der Waals surface area (Å²) in [6.07, 6.45) is 5.54. The van der Waals surface area contributed by atoms with Crippen LogP contribution in [0.1, 0.15) is 24.4 Å². The van der Waals surface area contributed by atoms with E-state index < -0.39 is 10.0 Å². The fourth-order valence-electron chi connectivity index (χ4n) is 2.36. The lowest BCUT2D eigenvalue weighted by Crippen LogP contribution is -2.30. The number of thiazole rings is 1. The van der Waals surface area contributed by atoms with E-state index in [4.69, 9.17) is 0 Å². The van der Waals surface area contributed by atoms with Crippen molar-refractivity contribution < 1.29 is 13.2 Å². The number of sulfonamides is 1. The fourth-order valence-corrected chi connectivity index (χ4v) is 4.44. The minimum atomic E-state index is -3.46. The van der Waals surface area contributed by atoms with Crippen molar-refractivity contribution in [3.05, 3.63) is 52.5 Å². The average molecular weight is 394 g/mol. The van der Waals surface area contributed by atoms with Gasteiger partial charge in [0.25, 0.3) is 0 Å². The van der Waals surface area contributed by atoms with E-state index in [-0.39, 0.29) is 10.8 Å². The molecule has 140 valence electrons. The number of nitrogens with zero attached hydrogens (tertiary/aromatic N) is 2. The summed E-state index contributed by atoms with van der Waals surface area (Å²) < 4.78 is 26.3. The van der Waals surface area contributed by atoms with Crippen molar-refractivity contribution >= 4 is 33.3 Å². The molecule has 0 saturated heterocycles. The normalized spacial score (nSPS) is 12.0. The van der Waals surface area contributed by atoms with E-state index >= 15 is 0 Å². The Morgan fingerprint density at radius 1 is 1.23 bits per heavy atom. The van der Waals surface area contributed by atoms with Gasteiger partial charge in [-0.3, -0.25) is 4.79 Å². The van der Waals surface area contributed by atoms with Gasteiger partial charge in [0.15, 0.2) is 0 Å². The van der Waals surface area contributed by atoms with E-state index in [0.717, 1.165) is 10.6 Å². The third-order valence-corrected chi connectivity index (χ3v) is 6.68. The quantitative estimate of drug-likeness (QED) is 0.664. The van der Waals surface area contributed by atoms with E-state index in [9.17, 15) is 13.2 Å². The summed E-state index contributed by atoms with van der Waals surface area (Å²) in [7, 11) is -3.46. The molecule has 1 N–H and O–H groups in total. The molecule has 2 aromatic rings. The van der Waals surface area contributed by atoms with Crippen LogP contribution in [0.25, 0.3) is 6.08 Å². The average Bonchev–Trinajstić information content (AvgIpc) is 3.14. The Labute approximate surface area is 158 Å². The molecule has 1 aromatic heterocycles. The molecule has 2 rings (SSSR count). The maximum absolute atomic E-state index is 12.4. The van der Waals surface area contributed by atoms with Crippen LogP contribution in [0.4, 0.5) is 0 Å². The van der Waals surface area contributed by atoms with Crippen molar-refractivity contribution in [3.63, 3.8) is 0 Å². The first kappa shape index (κ1) is 20.3. The van der Waals surface area contributed by atoms with Crippen LogP contribution in [0, 0.1) is 0 Å². The highest BCUT2D eigenvalue weighted by Gasteiger charge is 2.20. The zero-order chi connectivity index (χ0) is 19.0. The highest BCUT2D eigenvalue weighted by atomic mass is 32.2. The molecule has 0 bridgehead atoms. The minimum absolute atomic E-state index is 0.193. The van der Waals surface area contributed by atoms with Crippen LogP contribution in [0.5, 0.6) is 0 Å². The Morgan fingerprint density at radius 2 is 1.92 bits per heavy atom. The molecule has 6 nitrogen and oxygen atoms in total. The number of amides is 1. The Morgan fingerprint density at radius 3 is 2.50 bits per heavy atom. The second-order valence-corrected chi connectivity index (χ2v) is 8.38. The third kappa shape index (κ3) is 5.48. The maximum Gasteiger partial charge on any atom is 0.244 e. The summed E-state index contributed by atoms with van der Waals surface area (Å²) in [5, 5.41) is 5.68. The summed E-state index contributed by atoms with van der Waals surface area (Å²) in [6, 6.07) is 6.51. The summed E-state index contributed by atoms with van der Waals surface area (Å²) >= 11 is 1.56. The molecular formula is C18H23N3O3S2. The zero-order valence-electron chi connectivity index (χ0n) is 14.9. The van der Waals surface area contributed by atoms with Crippen molar-refractivity contribution in [2.75, 3.05) is 19.6 Å². The summed E-state index contributed by atoms with van der Waals surface area (Å²) in [5.41, 5.74) is 0.763. The fraction of sp³-hybridized carbons (Fsp3) is 0.333. The van der Waals surface area contributed by atoms with Gasteiger partial charge in [0.1, 0.15) is 0 Å². The molecule has 0 fully saturated rings. The monoisotopic (exact) mass is 393 g/mol. The molecule has 0 aliphatic carbocycles. The van der Waals surface area contributed by atoms with Crippen LogP contribution in [-0.4, -0.2) is 43.2 Å². The molecule has 0 spiro atoms. The lowest BCUT2D eigenvalue weighted by Gasteiger charge is -2.18. The van der Waals surface area contributed by atoms with Gasteiger partial charge in [-0.1, -0.05) is 26.0 Å². The van der Waals surface area contributed by atoms with E-state index in [1.54, 1.807) is 47.9 Å². The van der Waals surface area contributed by atoms with Crippen molar-refractivity contribution in [3.8, 4) is 0 Å². The molecule has 1 amide bonds. The molecule has 0 aliphatic rings. The SMILES string of the molecule is CCN(CC)S(=O)(=O)c1ccc(/C=C/C(=O)NCCc2nccs2)cc1. The first-order chi connectivity index (χ1) is 12.5. The molecule has 0 unspecified atom stereocenters. The first-order valence-corrected chi connectivity index (χ1v) is 10.7. The van der Waals surface area contributed by atoms with Crippen LogP contribution in [0.2, 0.25) is 0 Å². The molecule has 26 heavy (non-hydrogen) atoms. The van der Waals surface area contributed by atoms with Crippen molar-refractivity contribution in [1.82, 2.24) is 14.6 Å². The molecule has 1 heterocycles. The summed E-state index contributed by atoms with van der Waals surface area (Å²) in [5.74, 6) is -0.193. The predicted octanol–water partition coefficient (Wildman–Crippen LogP) is 2.55. The van der Waals surface area contributed by atoms with Crippen molar-refractivity contribution in [2.45, 2.75) is 25.2 Å². The number of benzene rings is 1. The maximum atomic E-state index is 12.4. The number of carbonyl (C=O) groups excluding carboxylic acids is 1. The van der Waals surface area contributed by atoms with Crippen LogP contribution in [-0.2, 0) is 21.2 Å². The van der Waals surface area contributed by atoms with Gasteiger partial charge in [-0.15, -0.1) is 11.3 Å². The number of aromatic nitrogens is 1. The molecular weight excluding hydrogens is 370 g/mol. The topological polar surface area (TPSA) is 79.4 Å². The van der Waals surface area contributed by atoms with E-state index in [1.165, 1.54) is 10.4 Å². The highest BCUT2D eigenvalue weighted by Crippen LogP contribution is 2.16. The highest BCUT2D eigenvalue weighted by molar-refractivity contribution is 7.89. The van der Waals surface area contributed by atoms with Gasteiger partial charge in [0, 0.05) is 43.7 Å². The second-order valence-electron chi connectivity index (χ2n) is 5.46. The second kappa shape index (κ2) is 9.61. The van der Waals surface area contributed by atoms with E-state index in [0.29, 0.717) is 26.1 Å². The van der Waals surface area contributed by atoms with E-state index in [1.807, 2.05) is 19.2 Å². The number of hydrogen-bond donors (Lipinski definition) is 1. The predicted molar refractivity (Wildman–Crippen MR) is 104 cm³/mol. The Kier molecular flexibility index (Phi) is 7.50. The van der Waals surface area contributed by atoms with Gasteiger partial charge in [0.2, 0.25) is 15.9 Å². The number of hydrogen-bond acceptors (Lipinski definition) is 5. The van der Waals surface area contributed by atoms with Gasteiger partial charge < -0.3 is 5.32 Å². The lowest BCUT2D eigenvalue weighted by atomic mass is 10.2.